The van der Waals surface area contributed by atoms with Crippen LogP contribution in [0.15, 0.2) is 30.3 Å². The first-order valence-electron chi connectivity index (χ1n) is 4.83. The van der Waals surface area contributed by atoms with Gasteiger partial charge in [0.1, 0.15) is 5.15 Å². The molecule has 17 heavy (non-hydrogen) atoms. The molecule has 0 saturated heterocycles. The average molecular weight is 289 g/mol. The summed E-state index contributed by atoms with van der Waals surface area (Å²) in [5.41, 5.74) is 1.92. The number of halogens is 3. The lowest BCUT2D eigenvalue weighted by molar-refractivity contribution is 0.281. The van der Waals surface area contributed by atoms with Gasteiger partial charge in [0, 0.05) is 16.1 Å². The molecule has 0 aliphatic rings. The van der Waals surface area contributed by atoms with Gasteiger partial charge in [0.15, 0.2) is 0 Å². The van der Waals surface area contributed by atoms with Crippen LogP contribution >= 0.6 is 34.8 Å². The van der Waals surface area contributed by atoms with Crippen molar-refractivity contribution in [2.75, 3.05) is 0 Å². The van der Waals surface area contributed by atoms with Crippen molar-refractivity contribution in [3.63, 3.8) is 0 Å². The largest absolute Gasteiger partial charge is 0.392 e. The number of hydrogen-bond donors (Lipinski definition) is 1. The number of aliphatic hydroxyl groups excluding tert-OH is 1. The van der Waals surface area contributed by atoms with E-state index in [1.807, 2.05) is 0 Å². The summed E-state index contributed by atoms with van der Waals surface area (Å²) in [5.74, 6) is 0. The Labute approximate surface area is 114 Å². The molecule has 2 aromatic rings. The maximum Gasteiger partial charge on any atom is 0.135 e. The smallest absolute Gasteiger partial charge is 0.135 e. The summed E-state index contributed by atoms with van der Waals surface area (Å²) >= 11 is 17.9. The van der Waals surface area contributed by atoms with Crippen molar-refractivity contribution in [2.45, 2.75) is 6.61 Å². The number of hydrogen-bond acceptors (Lipinski definition) is 2. The van der Waals surface area contributed by atoms with Crippen molar-refractivity contribution in [1.29, 1.82) is 0 Å². The van der Waals surface area contributed by atoms with Crippen molar-refractivity contribution in [3.8, 4) is 11.3 Å². The minimum absolute atomic E-state index is 0.143. The van der Waals surface area contributed by atoms with Gasteiger partial charge in [0.25, 0.3) is 0 Å². The van der Waals surface area contributed by atoms with E-state index in [4.69, 9.17) is 39.9 Å². The normalized spacial score (nSPS) is 10.6. The minimum atomic E-state index is -0.143. The molecule has 0 aliphatic heterocycles. The Kier molecular flexibility index (Phi) is 3.89. The van der Waals surface area contributed by atoms with Gasteiger partial charge in [0.05, 0.1) is 17.3 Å². The summed E-state index contributed by atoms with van der Waals surface area (Å²) in [6.45, 7) is -0.143. The van der Waals surface area contributed by atoms with Crippen LogP contribution in [0.5, 0.6) is 0 Å². The van der Waals surface area contributed by atoms with Crippen LogP contribution in [0.3, 0.4) is 0 Å². The second-order valence-corrected chi connectivity index (χ2v) is 4.63. The lowest BCUT2D eigenvalue weighted by Gasteiger charge is -2.06. The summed E-state index contributed by atoms with van der Waals surface area (Å²) in [6, 6.07) is 8.59. The number of aromatic nitrogens is 1. The molecule has 2 nitrogen and oxygen atoms in total. The first-order chi connectivity index (χ1) is 8.11. The van der Waals surface area contributed by atoms with Crippen molar-refractivity contribution >= 4 is 34.8 Å². The van der Waals surface area contributed by atoms with Gasteiger partial charge in [-0.15, -0.1) is 0 Å². The van der Waals surface area contributed by atoms with Gasteiger partial charge in [-0.2, -0.15) is 0 Å². The molecule has 1 N–H and O–H groups in total. The average Bonchev–Trinajstić information content (AvgIpc) is 2.32. The molecule has 5 heteroatoms. The van der Waals surface area contributed by atoms with E-state index < -0.39 is 0 Å². The predicted molar refractivity (Wildman–Crippen MR) is 70.6 cm³/mol. The molecule has 0 saturated carbocycles. The fraction of sp³-hybridized carbons (Fsp3) is 0.0833. The highest BCUT2D eigenvalue weighted by molar-refractivity contribution is 6.35. The molecule has 0 aliphatic carbocycles. The molecule has 0 spiro atoms. The summed E-state index contributed by atoms with van der Waals surface area (Å²) < 4.78 is 0. The number of nitrogens with zero attached hydrogens (tertiary/aromatic N) is 1. The van der Waals surface area contributed by atoms with Gasteiger partial charge < -0.3 is 5.11 Å². The topological polar surface area (TPSA) is 33.1 Å². The molecule has 0 bridgehead atoms. The molecule has 1 aromatic heterocycles. The maximum absolute atomic E-state index is 9.01. The molecular weight excluding hydrogens is 280 g/mol. The van der Waals surface area contributed by atoms with Gasteiger partial charge in [-0.3, -0.25) is 0 Å². The number of aliphatic hydroxyl groups is 1. The third kappa shape index (κ3) is 2.72. The molecule has 1 aromatic carbocycles. The molecule has 0 amide bonds. The van der Waals surface area contributed by atoms with E-state index in [0.717, 1.165) is 0 Å². The summed E-state index contributed by atoms with van der Waals surface area (Å²) in [6.07, 6.45) is 0. The maximum atomic E-state index is 9.01. The molecule has 1 heterocycles. The van der Waals surface area contributed by atoms with Crippen LogP contribution < -0.4 is 0 Å². The van der Waals surface area contributed by atoms with Gasteiger partial charge in [0.2, 0.25) is 0 Å². The Morgan fingerprint density at radius 2 is 1.82 bits per heavy atom. The van der Waals surface area contributed by atoms with Crippen molar-refractivity contribution in [1.82, 2.24) is 4.98 Å². The Morgan fingerprint density at radius 1 is 1.06 bits per heavy atom. The second-order valence-electron chi connectivity index (χ2n) is 3.43. The quantitative estimate of drug-likeness (QED) is 0.840. The van der Waals surface area contributed by atoms with E-state index in [1.54, 1.807) is 30.3 Å². The minimum Gasteiger partial charge on any atom is -0.392 e. The zero-order chi connectivity index (χ0) is 12.4. The highest BCUT2D eigenvalue weighted by Crippen LogP contribution is 2.30. The van der Waals surface area contributed by atoms with E-state index in [9.17, 15) is 0 Å². The number of pyridine rings is 1. The Balaban J connectivity index is 2.53. The fourth-order valence-corrected chi connectivity index (χ4v) is 2.03. The van der Waals surface area contributed by atoms with Crippen molar-refractivity contribution < 1.29 is 5.11 Å². The van der Waals surface area contributed by atoms with Crippen molar-refractivity contribution in [3.05, 3.63) is 51.1 Å². The molecule has 0 fully saturated rings. The molecule has 88 valence electrons. The second kappa shape index (κ2) is 5.23. The van der Waals surface area contributed by atoms with Gasteiger partial charge in [-0.05, 0) is 24.3 Å². The SMILES string of the molecule is OCc1ccc(-c2cc(Cl)ccc2Cl)nc1Cl. The van der Waals surface area contributed by atoms with Gasteiger partial charge in [-0.1, -0.05) is 40.9 Å². The lowest BCUT2D eigenvalue weighted by atomic mass is 10.1. The Hall–Kier alpha value is -0.800. The van der Waals surface area contributed by atoms with E-state index in [2.05, 4.69) is 4.98 Å². The summed E-state index contributed by atoms with van der Waals surface area (Å²) in [7, 11) is 0. The number of benzene rings is 1. The number of rotatable bonds is 2. The lowest BCUT2D eigenvalue weighted by Crippen LogP contribution is -1.91. The first-order valence-corrected chi connectivity index (χ1v) is 5.97. The Bertz CT molecular complexity index is 557. The monoisotopic (exact) mass is 287 g/mol. The molecule has 2 rings (SSSR count). The highest BCUT2D eigenvalue weighted by atomic mass is 35.5. The summed E-state index contributed by atoms with van der Waals surface area (Å²) in [4.78, 5) is 4.18. The van der Waals surface area contributed by atoms with Gasteiger partial charge in [-0.25, -0.2) is 4.98 Å². The van der Waals surface area contributed by atoms with E-state index >= 15 is 0 Å². The summed E-state index contributed by atoms with van der Waals surface area (Å²) in [5, 5.41) is 10.4. The van der Waals surface area contributed by atoms with E-state index in [-0.39, 0.29) is 11.8 Å². The highest BCUT2D eigenvalue weighted by Gasteiger charge is 2.08. The van der Waals surface area contributed by atoms with Crippen LogP contribution in [-0.4, -0.2) is 10.1 Å². The molecular formula is C12H8Cl3NO. The Morgan fingerprint density at radius 3 is 2.47 bits per heavy atom. The predicted octanol–water partition coefficient (Wildman–Crippen LogP) is 4.20. The van der Waals surface area contributed by atoms with Crippen LogP contribution in [0.25, 0.3) is 11.3 Å². The fourth-order valence-electron chi connectivity index (χ4n) is 1.42. The van der Waals surface area contributed by atoms with Crippen LogP contribution in [0.1, 0.15) is 5.56 Å². The van der Waals surface area contributed by atoms with E-state index in [0.29, 0.717) is 26.9 Å². The first kappa shape index (κ1) is 12.7. The van der Waals surface area contributed by atoms with E-state index in [1.165, 1.54) is 0 Å². The molecule has 0 atom stereocenters. The van der Waals surface area contributed by atoms with Crippen molar-refractivity contribution in [2.24, 2.45) is 0 Å². The van der Waals surface area contributed by atoms with Crippen LogP contribution in [0, 0.1) is 0 Å². The third-order valence-corrected chi connectivity index (χ3v) is 3.19. The van der Waals surface area contributed by atoms with Crippen LogP contribution in [0.2, 0.25) is 15.2 Å². The standard InChI is InChI=1S/C12H8Cl3NO/c13-8-2-3-10(14)9(5-8)11-4-1-7(6-17)12(15)16-11/h1-5,17H,6H2. The van der Waals surface area contributed by atoms with Crippen LogP contribution in [0.4, 0.5) is 0 Å². The molecule has 0 radical (unpaired) electrons. The molecule has 0 unspecified atom stereocenters. The van der Waals surface area contributed by atoms with Crippen LogP contribution in [-0.2, 0) is 6.61 Å². The third-order valence-electron chi connectivity index (χ3n) is 2.30. The zero-order valence-corrected chi connectivity index (χ0v) is 10.9. The zero-order valence-electron chi connectivity index (χ0n) is 8.62. The van der Waals surface area contributed by atoms with Gasteiger partial charge >= 0.3 is 0 Å².